The first kappa shape index (κ1) is 14.2. The summed E-state index contributed by atoms with van der Waals surface area (Å²) in [4.78, 5) is 4.80. The number of anilines is 3. The first-order valence-electron chi connectivity index (χ1n) is 6.75. The van der Waals surface area contributed by atoms with Crippen LogP contribution in [0.3, 0.4) is 0 Å². The van der Waals surface area contributed by atoms with E-state index in [2.05, 4.69) is 29.0 Å². The number of nitrogens with zero attached hydrogens (tertiary/aromatic N) is 2. The standard InChI is InChI=1S/C16H16ClN3S/c1-19-9-10-20(13-7-3-2-6-12(13)19)14-8-4-5-11(17)15(14)16(18)21/h2-8H,9-10H2,1H3,(H2,18,21). The minimum Gasteiger partial charge on any atom is -0.389 e. The molecule has 0 unspecified atom stereocenters. The molecule has 0 amide bonds. The van der Waals surface area contributed by atoms with Gasteiger partial charge in [-0.2, -0.15) is 0 Å². The zero-order valence-corrected chi connectivity index (χ0v) is 13.3. The highest BCUT2D eigenvalue weighted by Crippen LogP contribution is 2.39. The highest BCUT2D eigenvalue weighted by atomic mass is 35.5. The molecule has 0 spiro atoms. The summed E-state index contributed by atoms with van der Waals surface area (Å²) in [5, 5.41) is 0.594. The zero-order chi connectivity index (χ0) is 15.0. The molecule has 0 aromatic heterocycles. The van der Waals surface area contributed by atoms with Crippen molar-refractivity contribution in [2.24, 2.45) is 5.73 Å². The third kappa shape index (κ3) is 2.45. The lowest BCUT2D eigenvalue weighted by molar-refractivity contribution is 0.822. The molecule has 1 heterocycles. The molecule has 0 bridgehead atoms. The van der Waals surface area contributed by atoms with Crippen LogP contribution in [0.4, 0.5) is 17.1 Å². The first-order chi connectivity index (χ1) is 10.1. The van der Waals surface area contributed by atoms with E-state index in [-0.39, 0.29) is 0 Å². The van der Waals surface area contributed by atoms with E-state index in [1.165, 1.54) is 5.69 Å². The van der Waals surface area contributed by atoms with Gasteiger partial charge in [0, 0.05) is 20.1 Å². The van der Waals surface area contributed by atoms with Crippen LogP contribution in [0, 0.1) is 0 Å². The van der Waals surface area contributed by atoms with Crippen LogP contribution in [-0.4, -0.2) is 25.1 Å². The van der Waals surface area contributed by atoms with Crippen molar-refractivity contribution in [2.45, 2.75) is 0 Å². The van der Waals surface area contributed by atoms with Gasteiger partial charge in [-0.3, -0.25) is 0 Å². The zero-order valence-electron chi connectivity index (χ0n) is 11.7. The van der Waals surface area contributed by atoms with Crippen molar-refractivity contribution in [3.05, 3.63) is 53.1 Å². The summed E-state index contributed by atoms with van der Waals surface area (Å²) in [6.07, 6.45) is 0. The molecule has 0 saturated heterocycles. The van der Waals surface area contributed by atoms with Crippen molar-refractivity contribution in [2.75, 3.05) is 29.9 Å². The third-order valence-electron chi connectivity index (χ3n) is 3.77. The van der Waals surface area contributed by atoms with Gasteiger partial charge in [-0.05, 0) is 24.3 Å². The second kappa shape index (κ2) is 5.54. The fourth-order valence-corrected chi connectivity index (χ4v) is 3.28. The average Bonchev–Trinajstić information content (AvgIpc) is 2.47. The van der Waals surface area contributed by atoms with Crippen LogP contribution in [0.15, 0.2) is 42.5 Å². The van der Waals surface area contributed by atoms with Gasteiger partial charge in [-0.1, -0.05) is 42.0 Å². The monoisotopic (exact) mass is 317 g/mol. The van der Waals surface area contributed by atoms with Crippen molar-refractivity contribution >= 4 is 45.9 Å². The molecule has 3 rings (SSSR count). The summed E-state index contributed by atoms with van der Waals surface area (Å²) in [6.45, 7) is 1.80. The lowest BCUT2D eigenvalue weighted by Crippen LogP contribution is -2.37. The van der Waals surface area contributed by atoms with Crippen LogP contribution in [-0.2, 0) is 0 Å². The minimum atomic E-state index is 0.326. The Morgan fingerprint density at radius 2 is 1.71 bits per heavy atom. The number of hydrogen-bond donors (Lipinski definition) is 1. The van der Waals surface area contributed by atoms with E-state index < -0.39 is 0 Å². The van der Waals surface area contributed by atoms with E-state index in [1.807, 2.05) is 30.3 Å². The minimum absolute atomic E-state index is 0.326. The molecular weight excluding hydrogens is 302 g/mol. The SMILES string of the molecule is CN1CCN(c2cccc(Cl)c2C(N)=S)c2ccccc21. The molecule has 3 nitrogen and oxygen atoms in total. The molecule has 0 radical (unpaired) electrons. The molecule has 21 heavy (non-hydrogen) atoms. The van der Waals surface area contributed by atoms with Gasteiger partial charge in [0.2, 0.25) is 0 Å². The third-order valence-corrected chi connectivity index (χ3v) is 4.29. The number of para-hydroxylation sites is 2. The van der Waals surface area contributed by atoms with Gasteiger partial charge in [0.15, 0.2) is 0 Å². The van der Waals surface area contributed by atoms with Crippen molar-refractivity contribution in [3.8, 4) is 0 Å². The Balaban J connectivity index is 2.17. The average molecular weight is 318 g/mol. The molecule has 0 fully saturated rings. The van der Waals surface area contributed by atoms with Gasteiger partial charge in [-0.15, -0.1) is 0 Å². The Morgan fingerprint density at radius 3 is 2.43 bits per heavy atom. The van der Waals surface area contributed by atoms with E-state index in [1.54, 1.807) is 0 Å². The maximum atomic E-state index is 6.29. The first-order valence-corrected chi connectivity index (χ1v) is 7.54. The summed E-state index contributed by atoms with van der Waals surface area (Å²) in [7, 11) is 2.10. The molecule has 108 valence electrons. The van der Waals surface area contributed by atoms with Crippen LogP contribution in [0.1, 0.15) is 5.56 Å². The molecule has 2 aromatic rings. The van der Waals surface area contributed by atoms with Gasteiger partial charge in [-0.25, -0.2) is 0 Å². The smallest absolute Gasteiger partial charge is 0.107 e. The predicted molar refractivity (Wildman–Crippen MR) is 94.1 cm³/mol. The number of fused-ring (bicyclic) bond motifs is 1. The summed E-state index contributed by atoms with van der Waals surface area (Å²) in [6, 6.07) is 14.1. The van der Waals surface area contributed by atoms with Crippen LogP contribution in [0.25, 0.3) is 0 Å². The fraction of sp³-hybridized carbons (Fsp3) is 0.188. The number of hydrogen-bond acceptors (Lipinski definition) is 3. The van der Waals surface area contributed by atoms with E-state index in [9.17, 15) is 0 Å². The summed E-state index contributed by atoms with van der Waals surface area (Å²) in [5.41, 5.74) is 9.93. The Bertz CT molecular complexity index is 702. The van der Waals surface area contributed by atoms with Crippen molar-refractivity contribution < 1.29 is 0 Å². The van der Waals surface area contributed by atoms with Crippen molar-refractivity contribution in [3.63, 3.8) is 0 Å². The van der Waals surface area contributed by atoms with Gasteiger partial charge in [0.1, 0.15) is 4.99 Å². The van der Waals surface area contributed by atoms with Crippen LogP contribution in [0.5, 0.6) is 0 Å². The molecule has 0 atom stereocenters. The Labute approximate surface area is 134 Å². The van der Waals surface area contributed by atoms with Crippen molar-refractivity contribution in [1.82, 2.24) is 0 Å². The highest BCUT2D eigenvalue weighted by Gasteiger charge is 2.24. The van der Waals surface area contributed by atoms with Gasteiger partial charge in [0.25, 0.3) is 0 Å². The molecule has 0 saturated carbocycles. The lowest BCUT2D eigenvalue weighted by atomic mass is 10.1. The summed E-state index contributed by atoms with van der Waals surface area (Å²) >= 11 is 11.5. The molecule has 2 aromatic carbocycles. The number of benzene rings is 2. The molecule has 5 heteroatoms. The van der Waals surface area contributed by atoms with E-state index in [0.29, 0.717) is 10.0 Å². The number of likely N-dealkylation sites (N-methyl/N-ethyl adjacent to an activating group) is 1. The predicted octanol–water partition coefficient (Wildman–Crippen LogP) is 3.56. The maximum absolute atomic E-state index is 6.29. The van der Waals surface area contributed by atoms with Crippen LogP contribution >= 0.6 is 23.8 Å². The summed E-state index contributed by atoms with van der Waals surface area (Å²) in [5.74, 6) is 0. The molecule has 2 N–H and O–H groups in total. The second-order valence-corrected chi connectivity index (χ2v) is 5.91. The lowest BCUT2D eigenvalue weighted by Gasteiger charge is -2.37. The second-order valence-electron chi connectivity index (χ2n) is 5.06. The maximum Gasteiger partial charge on any atom is 0.107 e. The van der Waals surface area contributed by atoms with Crippen LogP contribution in [0.2, 0.25) is 5.02 Å². The topological polar surface area (TPSA) is 32.5 Å². The largest absolute Gasteiger partial charge is 0.389 e. The van der Waals surface area contributed by atoms with Gasteiger partial charge < -0.3 is 15.5 Å². The highest BCUT2D eigenvalue weighted by molar-refractivity contribution is 7.80. The number of rotatable bonds is 2. The number of nitrogens with two attached hydrogens (primary N) is 1. The molecule has 0 aliphatic carbocycles. The Hall–Kier alpha value is -1.78. The number of halogens is 1. The Kier molecular flexibility index (Phi) is 3.74. The molecule has 1 aliphatic rings. The Morgan fingerprint density at radius 1 is 1.05 bits per heavy atom. The van der Waals surface area contributed by atoms with Gasteiger partial charge in [0.05, 0.1) is 27.6 Å². The van der Waals surface area contributed by atoms with E-state index in [4.69, 9.17) is 29.6 Å². The number of thiocarbonyl (C=S) groups is 1. The quantitative estimate of drug-likeness (QED) is 0.858. The van der Waals surface area contributed by atoms with Crippen molar-refractivity contribution in [1.29, 1.82) is 0 Å². The van der Waals surface area contributed by atoms with Gasteiger partial charge >= 0.3 is 0 Å². The van der Waals surface area contributed by atoms with E-state index >= 15 is 0 Å². The normalized spacial score (nSPS) is 14.0. The van der Waals surface area contributed by atoms with E-state index in [0.717, 1.165) is 30.0 Å². The summed E-state index contributed by atoms with van der Waals surface area (Å²) < 4.78 is 0. The molecule has 1 aliphatic heterocycles. The van der Waals surface area contributed by atoms with Crippen LogP contribution < -0.4 is 15.5 Å². The molecular formula is C16H16ClN3S. The fourth-order valence-electron chi connectivity index (χ4n) is 2.74.